The number of nitrogens with one attached hydrogen (secondary N) is 3. The molecule has 0 aliphatic rings. The van der Waals surface area contributed by atoms with Crippen molar-refractivity contribution in [2.45, 2.75) is 39.8 Å². The summed E-state index contributed by atoms with van der Waals surface area (Å²) in [7, 11) is 0. The summed E-state index contributed by atoms with van der Waals surface area (Å²) in [5, 5.41) is 14.0. The lowest BCUT2D eigenvalue weighted by Crippen LogP contribution is -2.49. The third-order valence-corrected chi connectivity index (χ3v) is 3.14. The topological polar surface area (TPSA) is 90.5 Å². The summed E-state index contributed by atoms with van der Waals surface area (Å²) < 4.78 is 0. The van der Waals surface area contributed by atoms with Gasteiger partial charge in [0.2, 0.25) is 0 Å². The number of carbonyl (C=O) groups excluding carboxylic acids is 2. The number of carbonyl (C=O) groups is 2. The first-order valence-electron chi connectivity index (χ1n) is 6.96. The van der Waals surface area contributed by atoms with Crippen LogP contribution in [0.3, 0.4) is 0 Å². The van der Waals surface area contributed by atoms with E-state index in [1.54, 1.807) is 5.48 Å². The molecule has 0 unspecified atom stereocenters. The van der Waals surface area contributed by atoms with Crippen molar-refractivity contribution < 1.29 is 14.8 Å². The number of aryl methyl sites for hydroxylation is 1. The highest BCUT2D eigenvalue weighted by atomic mass is 16.5. The van der Waals surface area contributed by atoms with E-state index in [9.17, 15) is 9.59 Å². The van der Waals surface area contributed by atoms with Crippen LogP contribution in [0, 0.1) is 12.8 Å². The largest absolute Gasteiger partial charge is 0.334 e. The van der Waals surface area contributed by atoms with E-state index in [0.29, 0.717) is 13.0 Å². The van der Waals surface area contributed by atoms with E-state index in [-0.39, 0.29) is 5.92 Å². The van der Waals surface area contributed by atoms with E-state index in [1.165, 1.54) is 0 Å². The molecule has 6 nitrogen and oxygen atoms in total. The molecule has 0 aliphatic heterocycles. The Hall–Kier alpha value is -2.08. The molecule has 0 aromatic heterocycles. The minimum atomic E-state index is -0.758. The van der Waals surface area contributed by atoms with Gasteiger partial charge in [-0.15, -0.1) is 0 Å². The summed E-state index contributed by atoms with van der Waals surface area (Å²) in [6.45, 7) is 6.22. The van der Waals surface area contributed by atoms with Crippen molar-refractivity contribution in [2.75, 3.05) is 0 Å². The summed E-state index contributed by atoms with van der Waals surface area (Å²) in [4.78, 5) is 23.4. The zero-order valence-corrected chi connectivity index (χ0v) is 12.6. The second-order valence-corrected chi connectivity index (χ2v) is 5.41. The normalized spacial score (nSPS) is 11.9. The van der Waals surface area contributed by atoms with E-state index in [1.807, 2.05) is 45.0 Å². The average molecular weight is 293 g/mol. The minimum absolute atomic E-state index is 0.212. The Balaban J connectivity index is 2.54. The zero-order chi connectivity index (χ0) is 15.8. The second-order valence-electron chi connectivity index (χ2n) is 5.41. The molecule has 3 amide bonds. The molecular formula is C15H23N3O3. The van der Waals surface area contributed by atoms with E-state index < -0.39 is 18.0 Å². The summed E-state index contributed by atoms with van der Waals surface area (Å²) in [5.41, 5.74) is 3.68. The Morgan fingerprint density at radius 1 is 1.24 bits per heavy atom. The molecule has 21 heavy (non-hydrogen) atoms. The van der Waals surface area contributed by atoms with E-state index in [4.69, 9.17) is 5.21 Å². The van der Waals surface area contributed by atoms with Crippen LogP contribution >= 0.6 is 0 Å². The first-order valence-corrected chi connectivity index (χ1v) is 6.96. The van der Waals surface area contributed by atoms with Crippen molar-refractivity contribution >= 4 is 11.9 Å². The first-order chi connectivity index (χ1) is 9.93. The molecule has 0 bridgehead atoms. The molecule has 0 fully saturated rings. The van der Waals surface area contributed by atoms with Crippen LogP contribution in [0.1, 0.15) is 31.4 Å². The maximum Gasteiger partial charge on any atom is 0.315 e. The molecule has 116 valence electrons. The lowest BCUT2D eigenvalue weighted by molar-refractivity contribution is -0.131. The van der Waals surface area contributed by atoms with Crippen LogP contribution in [-0.2, 0) is 11.3 Å². The SMILES string of the molecule is Cc1ccccc1CNC(=O)N[C@@H](CC(C)C)C(=O)NO. The minimum Gasteiger partial charge on any atom is -0.334 e. The van der Waals surface area contributed by atoms with E-state index in [2.05, 4.69) is 10.6 Å². The summed E-state index contributed by atoms with van der Waals surface area (Å²) in [6, 6.07) is 6.54. The number of rotatable bonds is 6. The predicted octanol–water partition coefficient (Wildman–Crippen LogP) is 1.71. The fraction of sp³-hybridized carbons (Fsp3) is 0.467. The van der Waals surface area contributed by atoms with Gasteiger partial charge in [0.1, 0.15) is 6.04 Å². The highest BCUT2D eigenvalue weighted by Gasteiger charge is 2.21. The maximum absolute atomic E-state index is 11.9. The summed E-state index contributed by atoms with van der Waals surface area (Å²) >= 11 is 0. The lowest BCUT2D eigenvalue weighted by Gasteiger charge is -2.19. The average Bonchev–Trinajstić information content (AvgIpc) is 2.44. The first kappa shape index (κ1) is 17.0. The number of amides is 3. The molecule has 1 aromatic carbocycles. The Kier molecular flexibility index (Phi) is 6.68. The van der Waals surface area contributed by atoms with Gasteiger partial charge in [-0.3, -0.25) is 10.0 Å². The molecule has 0 heterocycles. The van der Waals surface area contributed by atoms with Crippen LogP contribution in [0.5, 0.6) is 0 Å². The standard InChI is InChI=1S/C15H23N3O3/c1-10(2)8-13(14(19)18-21)17-15(20)16-9-12-7-5-4-6-11(12)3/h4-7,10,13,21H,8-9H2,1-3H3,(H,18,19)(H2,16,17,20)/t13-/m0/s1. The lowest BCUT2D eigenvalue weighted by atomic mass is 10.0. The van der Waals surface area contributed by atoms with Gasteiger partial charge in [0.15, 0.2) is 0 Å². The fourth-order valence-corrected chi connectivity index (χ4v) is 1.97. The molecule has 1 atom stereocenters. The fourth-order valence-electron chi connectivity index (χ4n) is 1.97. The van der Waals surface area contributed by atoms with Gasteiger partial charge in [-0.2, -0.15) is 0 Å². The van der Waals surface area contributed by atoms with Gasteiger partial charge in [0, 0.05) is 6.54 Å². The molecule has 4 N–H and O–H groups in total. The molecule has 1 rings (SSSR count). The van der Waals surface area contributed by atoms with Crippen molar-refractivity contribution in [2.24, 2.45) is 5.92 Å². The smallest absolute Gasteiger partial charge is 0.315 e. The van der Waals surface area contributed by atoms with E-state index >= 15 is 0 Å². The van der Waals surface area contributed by atoms with Gasteiger partial charge in [0.05, 0.1) is 0 Å². The van der Waals surface area contributed by atoms with Crippen LogP contribution < -0.4 is 16.1 Å². The molecular weight excluding hydrogens is 270 g/mol. The van der Waals surface area contributed by atoms with Gasteiger partial charge in [-0.1, -0.05) is 38.1 Å². The van der Waals surface area contributed by atoms with Gasteiger partial charge in [-0.25, -0.2) is 10.3 Å². The van der Waals surface area contributed by atoms with Crippen LogP contribution in [0.25, 0.3) is 0 Å². The van der Waals surface area contributed by atoms with Crippen molar-refractivity contribution in [1.29, 1.82) is 0 Å². The summed E-state index contributed by atoms with van der Waals surface area (Å²) in [5.74, 6) is -0.404. The third-order valence-electron chi connectivity index (χ3n) is 3.14. The summed E-state index contributed by atoms with van der Waals surface area (Å²) in [6.07, 6.45) is 0.449. The van der Waals surface area contributed by atoms with E-state index in [0.717, 1.165) is 11.1 Å². The molecule has 0 aliphatic carbocycles. The van der Waals surface area contributed by atoms with Crippen LogP contribution in [0.15, 0.2) is 24.3 Å². The molecule has 0 spiro atoms. The molecule has 0 saturated heterocycles. The molecule has 1 aromatic rings. The second kappa shape index (κ2) is 8.26. The van der Waals surface area contributed by atoms with Gasteiger partial charge < -0.3 is 10.6 Å². The predicted molar refractivity (Wildman–Crippen MR) is 79.7 cm³/mol. The van der Waals surface area contributed by atoms with Crippen molar-refractivity contribution in [3.63, 3.8) is 0 Å². The molecule has 6 heteroatoms. The van der Waals surface area contributed by atoms with Gasteiger partial charge in [0.25, 0.3) is 5.91 Å². The number of hydrogen-bond donors (Lipinski definition) is 4. The van der Waals surface area contributed by atoms with Gasteiger partial charge in [-0.05, 0) is 30.4 Å². The van der Waals surface area contributed by atoms with Crippen LogP contribution in [0.2, 0.25) is 0 Å². The van der Waals surface area contributed by atoms with Crippen molar-refractivity contribution in [1.82, 2.24) is 16.1 Å². The highest BCUT2D eigenvalue weighted by Crippen LogP contribution is 2.07. The monoisotopic (exact) mass is 293 g/mol. The molecule has 0 saturated carbocycles. The maximum atomic E-state index is 11.9. The van der Waals surface area contributed by atoms with Crippen molar-refractivity contribution in [3.8, 4) is 0 Å². The number of benzene rings is 1. The number of urea groups is 1. The Labute approximate surface area is 124 Å². The number of hydroxylamine groups is 1. The number of hydrogen-bond acceptors (Lipinski definition) is 3. The highest BCUT2D eigenvalue weighted by molar-refractivity contribution is 5.86. The Morgan fingerprint density at radius 3 is 2.48 bits per heavy atom. The van der Waals surface area contributed by atoms with Crippen LogP contribution in [-0.4, -0.2) is 23.2 Å². The Morgan fingerprint density at radius 2 is 1.90 bits per heavy atom. The zero-order valence-electron chi connectivity index (χ0n) is 12.6. The third kappa shape index (κ3) is 5.83. The Bertz CT molecular complexity index is 489. The van der Waals surface area contributed by atoms with Gasteiger partial charge >= 0.3 is 6.03 Å². The van der Waals surface area contributed by atoms with Crippen LogP contribution in [0.4, 0.5) is 4.79 Å². The quantitative estimate of drug-likeness (QED) is 0.475. The van der Waals surface area contributed by atoms with Crippen molar-refractivity contribution in [3.05, 3.63) is 35.4 Å². The molecule has 0 radical (unpaired) electrons.